The summed E-state index contributed by atoms with van der Waals surface area (Å²) in [5.74, 6) is 0.844. The molecular formula is C14H11O. The van der Waals surface area contributed by atoms with E-state index >= 15 is 0 Å². The topological polar surface area (TPSA) is 9.23 Å². The number of ether oxygens (including phenoxy) is 1. The monoisotopic (exact) mass is 195 g/mol. The van der Waals surface area contributed by atoms with E-state index in [9.17, 15) is 0 Å². The van der Waals surface area contributed by atoms with Gasteiger partial charge in [0.05, 0.1) is 7.11 Å². The van der Waals surface area contributed by atoms with Gasteiger partial charge < -0.3 is 4.74 Å². The number of hydrogen-bond acceptors (Lipinski definition) is 1. The molecule has 1 radical (unpaired) electrons. The molecule has 0 atom stereocenters. The van der Waals surface area contributed by atoms with Crippen LogP contribution in [0.15, 0.2) is 30.3 Å². The first-order valence-corrected chi connectivity index (χ1v) is 5.01. The van der Waals surface area contributed by atoms with Gasteiger partial charge in [-0.3, -0.25) is 0 Å². The van der Waals surface area contributed by atoms with Gasteiger partial charge in [0.15, 0.2) is 0 Å². The van der Waals surface area contributed by atoms with E-state index in [2.05, 4.69) is 37.3 Å². The van der Waals surface area contributed by atoms with Crippen LogP contribution in [0.1, 0.15) is 5.56 Å². The Morgan fingerprint density at radius 1 is 1.13 bits per heavy atom. The summed E-state index contributed by atoms with van der Waals surface area (Å²) in [6, 6.07) is 13.7. The molecule has 0 aliphatic heterocycles. The molecule has 4 aromatic rings. The molecule has 0 aromatic heterocycles. The van der Waals surface area contributed by atoms with Crippen LogP contribution in [0.4, 0.5) is 0 Å². The summed E-state index contributed by atoms with van der Waals surface area (Å²) in [4.78, 5) is 0. The van der Waals surface area contributed by atoms with Crippen molar-refractivity contribution in [3.05, 3.63) is 42.0 Å². The molecule has 0 aliphatic carbocycles. The van der Waals surface area contributed by atoms with Gasteiger partial charge in [0.2, 0.25) is 0 Å². The van der Waals surface area contributed by atoms with E-state index in [0.29, 0.717) is 0 Å². The second-order valence-electron chi connectivity index (χ2n) is 3.83. The Labute approximate surface area is 88.6 Å². The lowest BCUT2D eigenvalue weighted by Gasteiger charge is -2.12. The molecule has 4 aromatic carbocycles. The van der Waals surface area contributed by atoms with E-state index in [0.717, 1.165) is 5.75 Å². The third-order valence-electron chi connectivity index (χ3n) is 2.97. The summed E-state index contributed by atoms with van der Waals surface area (Å²) >= 11 is 0. The van der Waals surface area contributed by atoms with Gasteiger partial charge in [0.25, 0.3) is 0 Å². The predicted octanol–water partition coefficient (Wildman–Crippen LogP) is 3.55. The molecule has 2 bridgehead atoms. The first-order valence-electron chi connectivity index (χ1n) is 5.01. The van der Waals surface area contributed by atoms with E-state index in [1.54, 1.807) is 7.11 Å². The van der Waals surface area contributed by atoms with Crippen molar-refractivity contribution in [1.82, 2.24) is 0 Å². The van der Waals surface area contributed by atoms with Crippen LogP contribution in [0, 0.1) is 13.0 Å². The Morgan fingerprint density at radius 2 is 2.00 bits per heavy atom. The molecule has 0 unspecified atom stereocenters. The number of rotatable bonds is 1. The molecule has 0 amide bonds. The fourth-order valence-electron chi connectivity index (χ4n) is 2.26. The lowest BCUT2D eigenvalue weighted by molar-refractivity contribution is 0.419. The zero-order chi connectivity index (χ0) is 10.4. The van der Waals surface area contributed by atoms with Crippen LogP contribution < -0.4 is 4.74 Å². The predicted molar refractivity (Wildman–Crippen MR) is 62.8 cm³/mol. The summed E-state index contributed by atoms with van der Waals surface area (Å²) in [5, 5.41) is 4.98. The molecule has 0 saturated heterocycles. The minimum atomic E-state index is 0.844. The van der Waals surface area contributed by atoms with E-state index < -0.39 is 0 Å². The molecule has 0 fully saturated rings. The van der Waals surface area contributed by atoms with Gasteiger partial charge in [0.1, 0.15) is 5.75 Å². The van der Waals surface area contributed by atoms with Crippen molar-refractivity contribution in [3.63, 3.8) is 0 Å². The maximum atomic E-state index is 5.36. The SMILES string of the molecule is COc1[c]ccc2c3ccc(c(C)c3)c12. The zero-order valence-electron chi connectivity index (χ0n) is 8.79. The number of hydrogen-bond donors (Lipinski definition) is 0. The highest BCUT2D eigenvalue weighted by Gasteiger charge is 2.09. The van der Waals surface area contributed by atoms with Gasteiger partial charge in [-0.15, -0.1) is 0 Å². The Balaban J connectivity index is 2.62. The zero-order valence-corrected chi connectivity index (χ0v) is 8.79. The van der Waals surface area contributed by atoms with Crippen molar-refractivity contribution in [2.24, 2.45) is 0 Å². The van der Waals surface area contributed by atoms with Crippen molar-refractivity contribution in [3.8, 4) is 5.75 Å². The Hall–Kier alpha value is -1.76. The fourth-order valence-corrected chi connectivity index (χ4v) is 2.26. The highest BCUT2D eigenvalue weighted by atomic mass is 16.5. The van der Waals surface area contributed by atoms with Gasteiger partial charge in [0, 0.05) is 11.5 Å². The molecule has 0 N–H and O–H groups in total. The number of methoxy groups -OCH3 is 1. The van der Waals surface area contributed by atoms with E-state index in [4.69, 9.17) is 4.74 Å². The van der Waals surface area contributed by atoms with Crippen LogP contribution in [0.5, 0.6) is 5.75 Å². The van der Waals surface area contributed by atoms with E-state index in [1.807, 2.05) is 6.07 Å². The van der Waals surface area contributed by atoms with E-state index in [-0.39, 0.29) is 0 Å². The summed E-state index contributed by atoms with van der Waals surface area (Å²) in [7, 11) is 1.70. The molecule has 1 nitrogen and oxygen atoms in total. The number of fused-ring (bicyclic) bond motifs is 2. The second-order valence-corrected chi connectivity index (χ2v) is 3.83. The first-order chi connectivity index (χ1) is 7.31. The first kappa shape index (κ1) is 8.54. The van der Waals surface area contributed by atoms with Gasteiger partial charge >= 0.3 is 0 Å². The Bertz CT molecular complexity index is 625. The lowest BCUT2D eigenvalue weighted by atomic mass is 9.95. The minimum absolute atomic E-state index is 0.844. The molecule has 0 heterocycles. The van der Waals surface area contributed by atoms with Crippen molar-refractivity contribution in [1.29, 1.82) is 0 Å². The summed E-state index contributed by atoms with van der Waals surface area (Å²) in [6.45, 7) is 2.13. The summed E-state index contributed by atoms with van der Waals surface area (Å²) < 4.78 is 5.36. The van der Waals surface area contributed by atoms with Crippen LogP contribution in [0.3, 0.4) is 0 Å². The van der Waals surface area contributed by atoms with Crippen molar-refractivity contribution < 1.29 is 4.74 Å². The third kappa shape index (κ3) is 1.03. The summed E-state index contributed by atoms with van der Waals surface area (Å²) in [6.07, 6.45) is 0. The van der Waals surface area contributed by atoms with E-state index in [1.165, 1.54) is 27.1 Å². The standard InChI is InChI=1S/C14H11O/c1-9-8-10-6-7-11(9)14-12(10)4-3-5-13(14)15-2/h3-4,6-8H,1-2H3. The maximum Gasteiger partial charge on any atom is 0.135 e. The lowest BCUT2D eigenvalue weighted by Crippen LogP contribution is -1.89. The van der Waals surface area contributed by atoms with Gasteiger partial charge in [-0.05, 0) is 34.7 Å². The minimum Gasteiger partial charge on any atom is -0.495 e. The van der Waals surface area contributed by atoms with Gasteiger partial charge in [-0.1, -0.05) is 24.3 Å². The molecule has 15 heavy (non-hydrogen) atoms. The third-order valence-corrected chi connectivity index (χ3v) is 2.97. The summed E-state index contributed by atoms with van der Waals surface area (Å²) in [5.41, 5.74) is 1.30. The normalized spacial score (nSPS) is 11.3. The Morgan fingerprint density at radius 3 is 2.73 bits per heavy atom. The highest BCUT2D eigenvalue weighted by molar-refractivity contribution is 6.13. The van der Waals surface area contributed by atoms with Crippen LogP contribution >= 0.6 is 0 Å². The molecule has 0 saturated carbocycles. The molecule has 73 valence electrons. The molecule has 0 aliphatic rings. The maximum absolute atomic E-state index is 5.36. The number of benzene rings is 4. The average molecular weight is 195 g/mol. The van der Waals surface area contributed by atoms with Crippen LogP contribution in [-0.2, 0) is 0 Å². The van der Waals surface area contributed by atoms with Crippen LogP contribution in [0.2, 0.25) is 0 Å². The van der Waals surface area contributed by atoms with Crippen molar-refractivity contribution in [2.45, 2.75) is 6.92 Å². The Kier molecular flexibility index (Phi) is 1.63. The smallest absolute Gasteiger partial charge is 0.135 e. The second kappa shape index (κ2) is 2.86. The van der Waals surface area contributed by atoms with Crippen LogP contribution in [0.25, 0.3) is 21.5 Å². The molecule has 4 rings (SSSR count). The molecule has 0 spiro atoms. The van der Waals surface area contributed by atoms with Gasteiger partial charge in [-0.25, -0.2) is 0 Å². The highest BCUT2D eigenvalue weighted by Crippen LogP contribution is 2.36. The van der Waals surface area contributed by atoms with Crippen molar-refractivity contribution in [2.75, 3.05) is 7.11 Å². The van der Waals surface area contributed by atoms with Crippen LogP contribution in [-0.4, -0.2) is 7.11 Å². The fraction of sp³-hybridized carbons (Fsp3) is 0.143. The quantitative estimate of drug-likeness (QED) is 0.577. The average Bonchev–Trinajstić information content (AvgIpc) is 2.29. The molecular weight excluding hydrogens is 184 g/mol. The largest absolute Gasteiger partial charge is 0.495 e. The van der Waals surface area contributed by atoms with Crippen molar-refractivity contribution >= 4 is 21.5 Å². The number of aryl methyl sites for hydroxylation is 1. The van der Waals surface area contributed by atoms with Gasteiger partial charge in [-0.2, -0.15) is 0 Å². The molecule has 1 heteroatoms.